The molecule has 1 aromatic rings. The summed E-state index contributed by atoms with van der Waals surface area (Å²) >= 11 is 0. The van der Waals surface area contributed by atoms with Crippen LogP contribution in [0.4, 0.5) is 5.69 Å². The fraction of sp³-hybridized carbons (Fsp3) is 0.111. The molecule has 6 N–H and O–H groups in total. The fourth-order valence-corrected chi connectivity index (χ4v) is 2.36. The molecule has 0 spiro atoms. The molecule has 1 aliphatic rings. The first-order valence-electron chi connectivity index (χ1n) is 7.38. The van der Waals surface area contributed by atoms with Crippen molar-refractivity contribution in [2.24, 2.45) is 5.73 Å². The van der Waals surface area contributed by atoms with Crippen LogP contribution >= 0.6 is 0 Å². The minimum atomic E-state index is -1.02. The van der Waals surface area contributed by atoms with Crippen molar-refractivity contribution in [1.82, 2.24) is 0 Å². The van der Waals surface area contributed by atoms with Crippen LogP contribution in [-0.4, -0.2) is 22.1 Å². The van der Waals surface area contributed by atoms with E-state index < -0.39 is 5.97 Å². The number of aliphatic hydroxyl groups excluding tert-OH is 1. The molecule has 0 aliphatic heterocycles. The van der Waals surface area contributed by atoms with Gasteiger partial charge in [-0.15, -0.1) is 0 Å². The van der Waals surface area contributed by atoms with Crippen LogP contribution in [-0.2, 0) is 6.42 Å². The minimum absolute atomic E-state index is 0.158. The molecule has 0 saturated heterocycles. The van der Waals surface area contributed by atoms with Crippen molar-refractivity contribution in [3.63, 3.8) is 0 Å². The number of hydrogen-bond donors (Lipinski definition) is 5. The summed E-state index contributed by atoms with van der Waals surface area (Å²) in [7, 11) is 0. The zero-order valence-electron chi connectivity index (χ0n) is 13.0. The number of aryl methyl sites for hydroxylation is 1. The highest BCUT2D eigenvalue weighted by Gasteiger charge is 2.13. The number of nitrogens with one attached hydrogen (secondary N) is 2. The Labute approximate surface area is 139 Å². The molecule has 0 saturated carbocycles. The average Bonchev–Trinajstić information content (AvgIpc) is 2.50. The molecule has 2 rings (SSSR count). The molecule has 0 unspecified atom stereocenters. The zero-order valence-corrected chi connectivity index (χ0v) is 13.0. The molecule has 6 nitrogen and oxygen atoms in total. The van der Waals surface area contributed by atoms with Gasteiger partial charge in [-0.1, -0.05) is 30.4 Å². The van der Waals surface area contributed by atoms with Gasteiger partial charge in [-0.3, -0.25) is 5.41 Å². The highest BCUT2D eigenvalue weighted by Crippen LogP contribution is 2.22. The van der Waals surface area contributed by atoms with E-state index in [2.05, 4.69) is 5.32 Å². The SMILES string of the molecule is N=C(N)Nc1ccc(C(=O)O)c(CCC2=C/C=C\C=C/C=C\2O)c1. The summed E-state index contributed by atoms with van der Waals surface area (Å²) in [4.78, 5) is 11.4. The van der Waals surface area contributed by atoms with Crippen molar-refractivity contribution in [3.05, 3.63) is 77.1 Å². The normalized spacial score (nSPS) is 20.5. The van der Waals surface area contributed by atoms with Gasteiger partial charge < -0.3 is 21.3 Å². The topological polar surface area (TPSA) is 119 Å². The van der Waals surface area contributed by atoms with E-state index in [0.717, 1.165) is 5.57 Å². The van der Waals surface area contributed by atoms with Gasteiger partial charge >= 0.3 is 5.97 Å². The summed E-state index contributed by atoms with van der Waals surface area (Å²) in [6.45, 7) is 0. The van der Waals surface area contributed by atoms with Crippen molar-refractivity contribution < 1.29 is 15.0 Å². The number of anilines is 1. The Bertz CT molecular complexity index is 774. The van der Waals surface area contributed by atoms with Gasteiger partial charge in [0, 0.05) is 5.69 Å². The van der Waals surface area contributed by atoms with E-state index in [4.69, 9.17) is 11.1 Å². The van der Waals surface area contributed by atoms with Gasteiger partial charge in [0.25, 0.3) is 0 Å². The number of carbonyl (C=O) groups is 1. The predicted molar refractivity (Wildman–Crippen MR) is 94.3 cm³/mol. The van der Waals surface area contributed by atoms with Crippen LogP contribution in [0.25, 0.3) is 0 Å². The highest BCUT2D eigenvalue weighted by molar-refractivity contribution is 5.93. The second kappa shape index (κ2) is 7.82. The lowest BCUT2D eigenvalue weighted by molar-refractivity contribution is 0.0695. The number of aromatic carboxylic acids is 1. The van der Waals surface area contributed by atoms with Crippen LogP contribution in [0.15, 0.2) is 66.0 Å². The molecule has 0 aromatic heterocycles. The third-order valence-corrected chi connectivity index (χ3v) is 3.49. The number of carboxylic acid groups (broad SMARTS) is 1. The van der Waals surface area contributed by atoms with Crippen molar-refractivity contribution in [1.29, 1.82) is 5.41 Å². The molecular formula is C18H19N3O3. The molecule has 124 valence electrons. The number of carboxylic acids is 1. The van der Waals surface area contributed by atoms with Crippen molar-refractivity contribution in [3.8, 4) is 0 Å². The van der Waals surface area contributed by atoms with E-state index in [1.807, 2.05) is 18.2 Å². The summed E-state index contributed by atoms with van der Waals surface area (Å²) < 4.78 is 0. The molecule has 0 radical (unpaired) electrons. The first kappa shape index (κ1) is 17.1. The summed E-state index contributed by atoms with van der Waals surface area (Å²) in [5.41, 5.74) is 7.37. The zero-order chi connectivity index (χ0) is 17.5. The van der Waals surface area contributed by atoms with E-state index in [9.17, 15) is 15.0 Å². The van der Waals surface area contributed by atoms with Crippen molar-refractivity contribution >= 4 is 17.6 Å². The Balaban J connectivity index is 2.23. The first-order chi connectivity index (χ1) is 11.5. The maximum atomic E-state index is 11.4. The van der Waals surface area contributed by atoms with Crippen molar-refractivity contribution in [2.45, 2.75) is 12.8 Å². The van der Waals surface area contributed by atoms with E-state index >= 15 is 0 Å². The molecule has 24 heavy (non-hydrogen) atoms. The summed E-state index contributed by atoms with van der Waals surface area (Å²) in [6, 6.07) is 4.70. The Morgan fingerprint density at radius 3 is 2.50 bits per heavy atom. The summed E-state index contributed by atoms with van der Waals surface area (Å²) in [6.07, 6.45) is 11.5. The van der Waals surface area contributed by atoms with E-state index in [0.29, 0.717) is 24.1 Å². The Morgan fingerprint density at radius 2 is 1.83 bits per heavy atom. The van der Waals surface area contributed by atoms with Gasteiger partial charge in [0.2, 0.25) is 0 Å². The van der Waals surface area contributed by atoms with Gasteiger partial charge in [-0.2, -0.15) is 0 Å². The lowest BCUT2D eigenvalue weighted by Gasteiger charge is -2.12. The van der Waals surface area contributed by atoms with E-state index in [-0.39, 0.29) is 17.3 Å². The van der Waals surface area contributed by atoms with Crippen molar-refractivity contribution in [2.75, 3.05) is 5.32 Å². The molecule has 6 heteroatoms. The average molecular weight is 325 g/mol. The number of guanidine groups is 1. The quantitative estimate of drug-likeness (QED) is 0.421. The van der Waals surface area contributed by atoms with E-state index in [1.165, 1.54) is 6.07 Å². The number of rotatable bonds is 5. The standard InChI is InChI=1S/C18H19N3O3/c19-18(20)21-14-9-10-15(17(23)24)13(11-14)8-7-12-5-3-1-2-4-6-16(12)22/h1-6,9-11,22H,7-8H2,(H,23,24)(H4,19,20,21)/b2-1?,3-1-,4-2-,5-3?,6-4?,12-5-,16-6+,16-12?. The summed E-state index contributed by atoms with van der Waals surface area (Å²) in [5, 5.41) is 29.3. The third kappa shape index (κ3) is 4.61. The third-order valence-electron chi connectivity index (χ3n) is 3.49. The molecule has 0 atom stereocenters. The number of hydrogen-bond acceptors (Lipinski definition) is 3. The maximum Gasteiger partial charge on any atom is 0.335 e. The largest absolute Gasteiger partial charge is 0.508 e. The number of benzene rings is 1. The summed E-state index contributed by atoms with van der Waals surface area (Å²) in [5.74, 6) is -1.08. The lowest BCUT2D eigenvalue weighted by atomic mass is 9.97. The maximum absolute atomic E-state index is 11.4. The molecule has 0 bridgehead atoms. The van der Waals surface area contributed by atoms with E-state index in [1.54, 1.807) is 30.4 Å². The molecule has 0 heterocycles. The molecule has 0 amide bonds. The van der Waals surface area contributed by atoms with Gasteiger partial charge in [0.1, 0.15) is 5.76 Å². The number of nitrogens with two attached hydrogens (primary N) is 1. The van der Waals surface area contributed by atoms with Gasteiger partial charge in [-0.25, -0.2) is 4.79 Å². The molecule has 1 aliphatic carbocycles. The molecular weight excluding hydrogens is 306 g/mol. The second-order valence-corrected chi connectivity index (χ2v) is 5.23. The Hall–Kier alpha value is -3.28. The van der Waals surface area contributed by atoms with Crippen LogP contribution in [0.5, 0.6) is 0 Å². The fourth-order valence-electron chi connectivity index (χ4n) is 2.36. The first-order valence-corrected chi connectivity index (χ1v) is 7.38. The van der Waals surface area contributed by atoms with Gasteiger partial charge in [0.15, 0.2) is 5.96 Å². The van der Waals surface area contributed by atoms with Crippen LogP contribution < -0.4 is 11.1 Å². The van der Waals surface area contributed by atoms with Crippen LogP contribution in [0, 0.1) is 5.41 Å². The predicted octanol–water partition coefficient (Wildman–Crippen LogP) is 3.12. The van der Waals surface area contributed by atoms with Gasteiger partial charge in [0.05, 0.1) is 5.56 Å². The monoisotopic (exact) mass is 325 g/mol. The Kier molecular flexibility index (Phi) is 5.57. The molecule has 1 aromatic carbocycles. The number of allylic oxidation sites excluding steroid dienone is 7. The minimum Gasteiger partial charge on any atom is -0.508 e. The van der Waals surface area contributed by atoms with Gasteiger partial charge in [-0.05, 0) is 48.3 Å². The highest BCUT2D eigenvalue weighted by atomic mass is 16.4. The second-order valence-electron chi connectivity index (χ2n) is 5.23. The number of aliphatic hydroxyl groups is 1. The Morgan fingerprint density at radius 1 is 1.12 bits per heavy atom. The smallest absolute Gasteiger partial charge is 0.335 e. The lowest BCUT2D eigenvalue weighted by Crippen LogP contribution is -2.20. The van der Waals surface area contributed by atoms with Crippen LogP contribution in [0.1, 0.15) is 22.3 Å². The van der Waals surface area contributed by atoms with Crippen LogP contribution in [0.2, 0.25) is 0 Å². The van der Waals surface area contributed by atoms with Crippen LogP contribution in [0.3, 0.4) is 0 Å². The molecule has 0 fully saturated rings.